The van der Waals surface area contributed by atoms with E-state index in [1.165, 1.54) is 28.8 Å². The molecule has 1 N–H and O–H groups in total. The van der Waals surface area contributed by atoms with Crippen molar-refractivity contribution in [2.75, 3.05) is 0 Å². The second-order valence-electron chi connectivity index (χ2n) is 4.43. The molecule has 11 heteroatoms. The smallest absolute Gasteiger partial charge is 0.275 e. The Bertz CT molecular complexity index is 973. The largest absolute Gasteiger partial charge is 0.284 e. The van der Waals surface area contributed by atoms with Crippen LogP contribution in [0.4, 0.5) is 0 Å². The molecule has 3 aromatic heterocycles. The molecule has 3 heterocycles. The molecule has 0 atom stereocenters. The van der Waals surface area contributed by atoms with E-state index in [4.69, 9.17) is 11.6 Å². The average molecular weight is 389 g/mol. The number of halogens is 1. The monoisotopic (exact) mass is 388 g/mol. The van der Waals surface area contributed by atoms with Crippen molar-refractivity contribution in [3.05, 3.63) is 39.9 Å². The number of aryl methyl sites for hydroxylation is 1. The minimum absolute atomic E-state index is 0.0279. The highest BCUT2D eigenvalue weighted by Gasteiger charge is 2.22. The highest BCUT2D eigenvalue weighted by atomic mass is 35.5. The van der Waals surface area contributed by atoms with Crippen LogP contribution in [-0.2, 0) is 17.1 Å². The summed E-state index contributed by atoms with van der Waals surface area (Å²) in [6.07, 6.45) is 3.37. The molecule has 0 fully saturated rings. The highest BCUT2D eigenvalue weighted by molar-refractivity contribution is 7.92. The fourth-order valence-corrected chi connectivity index (χ4v) is 4.93. The summed E-state index contributed by atoms with van der Waals surface area (Å²) in [5.74, 6) is -0.791. The van der Waals surface area contributed by atoms with Crippen LogP contribution in [0.1, 0.15) is 10.5 Å². The summed E-state index contributed by atoms with van der Waals surface area (Å²) < 4.78 is 28.1. The van der Waals surface area contributed by atoms with Crippen molar-refractivity contribution >= 4 is 50.2 Å². The molecule has 0 aromatic carbocycles. The van der Waals surface area contributed by atoms with Crippen molar-refractivity contribution in [3.63, 3.8) is 0 Å². The maximum atomic E-state index is 12.1. The number of thiophene rings is 1. The number of hydrogen-bond donors (Lipinski definition) is 1. The fraction of sp³-hybridized carbons (Fsp3) is 0.0833. The zero-order valence-electron chi connectivity index (χ0n) is 11.6. The molecule has 0 bridgehead atoms. The van der Waals surface area contributed by atoms with Crippen LogP contribution in [-0.4, -0.2) is 29.1 Å². The molecule has 120 valence electrons. The molecule has 0 saturated heterocycles. The summed E-state index contributed by atoms with van der Waals surface area (Å²) in [7, 11) is -2.19. The number of carbonyl (C=O) groups is 1. The van der Waals surface area contributed by atoms with Crippen molar-refractivity contribution in [1.82, 2.24) is 19.5 Å². The number of rotatable bonds is 4. The predicted octanol–water partition coefficient (Wildman–Crippen LogP) is 2.38. The van der Waals surface area contributed by atoms with Crippen molar-refractivity contribution in [1.29, 1.82) is 0 Å². The summed E-state index contributed by atoms with van der Waals surface area (Å²) in [6.45, 7) is 0. The van der Waals surface area contributed by atoms with Gasteiger partial charge in [-0.05, 0) is 12.1 Å². The van der Waals surface area contributed by atoms with Crippen molar-refractivity contribution in [2.24, 2.45) is 7.05 Å². The third kappa shape index (κ3) is 3.44. The van der Waals surface area contributed by atoms with E-state index in [1.807, 2.05) is 4.72 Å². The Morgan fingerprint density at radius 1 is 1.39 bits per heavy atom. The summed E-state index contributed by atoms with van der Waals surface area (Å²) in [6, 6.07) is 2.79. The van der Waals surface area contributed by atoms with Crippen LogP contribution in [0, 0.1) is 0 Å². The van der Waals surface area contributed by atoms with E-state index in [0.29, 0.717) is 9.34 Å². The number of amides is 1. The van der Waals surface area contributed by atoms with E-state index in [9.17, 15) is 13.2 Å². The first kappa shape index (κ1) is 16.1. The summed E-state index contributed by atoms with van der Waals surface area (Å²) in [5.41, 5.74) is 0.782. The fourth-order valence-electron chi connectivity index (χ4n) is 1.71. The molecule has 0 unspecified atom stereocenters. The SMILES string of the molecule is Cn1cc(-c2nc(C(=O)NS(=O)(=O)c3ccc(Cl)s3)cs2)cn1. The van der Waals surface area contributed by atoms with Crippen molar-refractivity contribution in [3.8, 4) is 10.6 Å². The topological polar surface area (TPSA) is 94.0 Å². The Morgan fingerprint density at radius 3 is 2.78 bits per heavy atom. The van der Waals surface area contributed by atoms with E-state index in [2.05, 4.69) is 10.1 Å². The lowest BCUT2D eigenvalue weighted by Gasteiger charge is -2.02. The molecule has 0 aliphatic heterocycles. The summed E-state index contributed by atoms with van der Waals surface area (Å²) >= 11 is 7.82. The summed E-state index contributed by atoms with van der Waals surface area (Å²) in [5, 5.41) is 6.10. The zero-order valence-corrected chi connectivity index (χ0v) is 14.8. The van der Waals surface area contributed by atoms with Gasteiger partial charge in [0.15, 0.2) is 0 Å². The third-order valence-electron chi connectivity index (χ3n) is 2.73. The molecule has 0 aliphatic carbocycles. The van der Waals surface area contributed by atoms with Gasteiger partial charge < -0.3 is 0 Å². The average Bonchev–Trinajstić information content (AvgIpc) is 3.17. The first-order valence-electron chi connectivity index (χ1n) is 6.12. The standard InChI is InChI=1S/C12H9ClN4O3S3/c1-17-5-7(4-14-17)12-15-8(6-21-12)11(18)16-23(19,20)10-3-2-9(13)22-10/h2-6H,1H3,(H,16,18). The number of carbonyl (C=O) groups excluding carboxylic acids is 1. The van der Waals surface area contributed by atoms with Gasteiger partial charge >= 0.3 is 0 Å². The van der Waals surface area contributed by atoms with E-state index < -0.39 is 15.9 Å². The maximum absolute atomic E-state index is 12.1. The number of nitrogens with one attached hydrogen (secondary N) is 1. The Morgan fingerprint density at radius 2 is 2.17 bits per heavy atom. The van der Waals surface area contributed by atoms with Gasteiger partial charge in [0, 0.05) is 24.2 Å². The molecule has 0 aliphatic rings. The number of sulfonamides is 1. The van der Waals surface area contributed by atoms with E-state index >= 15 is 0 Å². The van der Waals surface area contributed by atoms with Crippen LogP contribution >= 0.6 is 34.3 Å². The molecule has 1 amide bonds. The van der Waals surface area contributed by atoms with Gasteiger partial charge in [0.1, 0.15) is 14.9 Å². The quantitative estimate of drug-likeness (QED) is 0.740. The lowest BCUT2D eigenvalue weighted by Crippen LogP contribution is -2.30. The lowest BCUT2D eigenvalue weighted by atomic mass is 10.4. The Hall–Kier alpha value is -1.75. The Balaban J connectivity index is 1.80. The van der Waals surface area contributed by atoms with Gasteiger partial charge in [-0.2, -0.15) is 5.10 Å². The van der Waals surface area contributed by atoms with Gasteiger partial charge in [-0.15, -0.1) is 22.7 Å². The normalized spacial score (nSPS) is 11.6. The van der Waals surface area contributed by atoms with Crippen LogP contribution in [0.3, 0.4) is 0 Å². The molecule has 0 saturated carbocycles. The molecular weight excluding hydrogens is 380 g/mol. The number of hydrogen-bond acceptors (Lipinski definition) is 7. The van der Waals surface area contributed by atoms with Crippen molar-refractivity contribution in [2.45, 2.75) is 4.21 Å². The van der Waals surface area contributed by atoms with E-state index in [1.54, 1.807) is 24.1 Å². The van der Waals surface area contributed by atoms with Gasteiger partial charge in [-0.3, -0.25) is 9.48 Å². The van der Waals surface area contributed by atoms with Crippen LogP contribution < -0.4 is 4.72 Å². The molecule has 0 radical (unpaired) electrons. The van der Waals surface area contributed by atoms with Gasteiger partial charge in [-0.1, -0.05) is 11.6 Å². The Labute approximate surface area is 144 Å². The van der Waals surface area contributed by atoms with Gasteiger partial charge in [0.05, 0.1) is 10.5 Å². The molecule has 23 heavy (non-hydrogen) atoms. The van der Waals surface area contributed by atoms with Gasteiger partial charge in [-0.25, -0.2) is 18.1 Å². The van der Waals surface area contributed by atoms with E-state index in [-0.39, 0.29) is 9.90 Å². The minimum Gasteiger partial charge on any atom is -0.275 e. The van der Waals surface area contributed by atoms with Crippen LogP contribution in [0.25, 0.3) is 10.6 Å². The lowest BCUT2D eigenvalue weighted by molar-refractivity contribution is 0.0977. The molecule has 7 nitrogen and oxygen atoms in total. The van der Waals surface area contributed by atoms with Gasteiger partial charge in [0.25, 0.3) is 15.9 Å². The summed E-state index contributed by atoms with van der Waals surface area (Å²) in [4.78, 5) is 16.2. The first-order valence-corrected chi connectivity index (χ1v) is 9.68. The third-order valence-corrected chi connectivity index (χ3v) is 6.67. The minimum atomic E-state index is -3.96. The predicted molar refractivity (Wildman–Crippen MR) is 88.3 cm³/mol. The zero-order chi connectivity index (χ0) is 16.6. The van der Waals surface area contributed by atoms with Crippen LogP contribution in [0.5, 0.6) is 0 Å². The van der Waals surface area contributed by atoms with Crippen LogP contribution in [0.15, 0.2) is 34.1 Å². The Kier molecular flexibility index (Phi) is 4.23. The number of aromatic nitrogens is 3. The number of nitrogens with zero attached hydrogens (tertiary/aromatic N) is 3. The molecule has 3 rings (SSSR count). The molecule has 0 spiro atoms. The molecule has 3 aromatic rings. The first-order chi connectivity index (χ1) is 10.8. The maximum Gasteiger partial charge on any atom is 0.284 e. The van der Waals surface area contributed by atoms with E-state index in [0.717, 1.165) is 16.9 Å². The van der Waals surface area contributed by atoms with Crippen molar-refractivity contribution < 1.29 is 13.2 Å². The highest BCUT2D eigenvalue weighted by Crippen LogP contribution is 2.26. The molecular formula is C12H9ClN4O3S3. The van der Waals surface area contributed by atoms with Crippen LogP contribution in [0.2, 0.25) is 4.34 Å². The second kappa shape index (κ2) is 6.04. The number of thiazole rings is 1. The second-order valence-corrected chi connectivity index (χ2v) is 8.92. The van der Waals surface area contributed by atoms with Gasteiger partial charge in [0.2, 0.25) is 0 Å².